The lowest BCUT2D eigenvalue weighted by Crippen LogP contribution is -2.32. The number of hydrogen-bond acceptors (Lipinski definition) is 4. The summed E-state index contributed by atoms with van der Waals surface area (Å²) in [5.74, 6) is 1.72. The molecule has 1 aromatic carbocycles. The van der Waals surface area contributed by atoms with E-state index in [0.29, 0.717) is 19.3 Å². The number of hydrogen-bond donors (Lipinski definition) is 1. The standard InChI is InChI=1S/C18H30N2O2/c1-4-16(20-12-7-10-19-11-13-20)15-8-9-17(21-5-2)18(14-15)22-6-3/h8-9,14,16,19H,4-7,10-13H2,1-3H3. The lowest BCUT2D eigenvalue weighted by atomic mass is 10.0. The van der Waals surface area contributed by atoms with Crippen molar-refractivity contribution in [3.8, 4) is 11.5 Å². The first kappa shape index (κ1) is 17.1. The third-order valence-electron chi connectivity index (χ3n) is 4.15. The highest BCUT2D eigenvalue weighted by atomic mass is 16.5. The zero-order valence-corrected chi connectivity index (χ0v) is 14.2. The Morgan fingerprint density at radius 1 is 1.05 bits per heavy atom. The number of nitrogens with one attached hydrogen (secondary N) is 1. The molecule has 1 heterocycles. The van der Waals surface area contributed by atoms with Crippen molar-refractivity contribution in [3.63, 3.8) is 0 Å². The highest BCUT2D eigenvalue weighted by molar-refractivity contribution is 5.44. The molecule has 0 aromatic heterocycles. The summed E-state index contributed by atoms with van der Waals surface area (Å²) in [6, 6.07) is 6.87. The first-order valence-electron chi connectivity index (χ1n) is 8.64. The summed E-state index contributed by atoms with van der Waals surface area (Å²) < 4.78 is 11.5. The van der Waals surface area contributed by atoms with Crippen LogP contribution >= 0.6 is 0 Å². The predicted molar refractivity (Wildman–Crippen MR) is 90.9 cm³/mol. The van der Waals surface area contributed by atoms with Crippen LogP contribution in [0.25, 0.3) is 0 Å². The summed E-state index contributed by atoms with van der Waals surface area (Å²) in [5, 5.41) is 3.48. The van der Waals surface area contributed by atoms with Crippen molar-refractivity contribution in [3.05, 3.63) is 23.8 Å². The maximum Gasteiger partial charge on any atom is 0.161 e. The summed E-state index contributed by atoms with van der Waals surface area (Å²) in [7, 11) is 0. The van der Waals surface area contributed by atoms with E-state index in [-0.39, 0.29) is 0 Å². The summed E-state index contributed by atoms with van der Waals surface area (Å²) >= 11 is 0. The Kier molecular flexibility index (Phi) is 7.00. The summed E-state index contributed by atoms with van der Waals surface area (Å²) in [6.07, 6.45) is 2.32. The van der Waals surface area contributed by atoms with Crippen molar-refractivity contribution in [2.24, 2.45) is 0 Å². The van der Waals surface area contributed by atoms with E-state index in [9.17, 15) is 0 Å². The quantitative estimate of drug-likeness (QED) is 0.838. The molecule has 1 fully saturated rings. The van der Waals surface area contributed by atoms with Gasteiger partial charge >= 0.3 is 0 Å². The lowest BCUT2D eigenvalue weighted by Gasteiger charge is -2.30. The van der Waals surface area contributed by atoms with Crippen molar-refractivity contribution in [2.75, 3.05) is 39.4 Å². The molecule has 1 atom stereocenters. The fourth-order valence-electron chi connectivity index (χ4n) is 3.16. The first-order valence-corrected chi connectivity index (χ1v) is 8.64. The van der Waals surface area contributed by atoms with Crippen LogP contribution in [0.2, 0.25) is 0 Å². The molecule has 1 aliphatic heterocycles. The fourth-order valence-corrected chi connectivity index (χ4v) is 3.16. The SMILES string of the molecule is CCOc1ccc(C(CC)N2CCCNCC2)cc1OCC. The second-order valence-corrected chi connectivity index (χ2v) is 5.64. The molecular formula is C18H30N2O2. The van der Waals surface area contributed by atoms with E-state index in [2.05, 4.69) is 35.3 Å². The van der Waals surface area contributed by atoms with Crippen LogP contribution in [0, 0.1) is 0 Å². The van der Waals surface area contributed by atoms with Crippen LogP contribution in [0.3, 0.4) is 0 Å². The van der Waals surface area contributed by atoms with Crippen molar-refractivity contribution in [2.45, 2.75) is 39.7 Å². The molecule has 1 unspecified atom stereocenters. The molecule has 0 amide bonds. The van der Waals surface area contributed by atoms with Gasteiger partial charge in [0.1, 0.15) is 0 Å². The van der Waals surface area contributed by atoms with E-state index in [1.54, 1.807) is 0 Å². The van der Waals surface area contributed by atoms with Gasteiger partial charge in [-0.3, -0.25) is 4.90 Å². The maximum atomic E-state index is 5.78. The molecule has 22 heavy (non-hydrogen) atoms. The number of ether oxygens (including phenoxy) is 2. The lowest BCUT2D eigenvalue weighted by molar-refractivity contribution is 0.204. The summed E-state index contributed by atoms with van der Waals surface area (Å²) in [5.41, 5.74) is 1.33. The Morgan fingerprint density at radius 2 is 1.82 bits per heavy atom. The number of rotatable bonds is 7. The molecule has 4 heteroatoms. The zero-order chi connectivity index (χ0) is 15.8. The molecule has 4 nitrogen and oxygen atoms in total. The predicted octanol–water partition coefficient (Wildman–Crippen LogP) is 3.23. The normalized spacial score (nSPS) is 17.8. The first-order chi connectivity index (χ1) is 10.8. The Bertz CT molecular complexity index is 443. The molecule has 0 saturated carbocycles. The highest BCUT2D eigenvalue weighted by Crippen LogP contribution is 2.34. The van der Waals surface area contributed by atoms with Gasteiger partial charge in [0.2, 0.25) is 0 Å². The minimum Gasteiger partial charge on any atom is -0.490 e. The van der Waals surface area contributed by atoms with Crippen LogP contribution in [0.4, 0.5) is 0 Å². The second kappa shape index (κ2) is 9.01. The largest absolute Gasteiger partial charge is 0.490 e. The molecule has 0 bridgehead atoms. The zero-order valence-electron chi connectivity index (χ0n) is 14.2. The fraction of sp³-hybridized carbons (Fsp3) is 0.667. The molecule has 1 aromatic rings. The third kappa shape index (κ3) is 4.37. The van der Waals surface area contributed by atoms with Crippen molar-refractivity contribution in [1.82, 2.24) is 10.2 Å². The number of benzene rings is 1. The van der Waals surface area contributed by atoms with Crippen molar-refractivity contribution >= 4 is 0 Å². The van der Waals surface area contributed by atoms with Crippen molar-refractivity contribution in [1.29, 1.82) is 0 Å². The van der Waals surface area contributed by atoms with Gasteiger partial charge in [-0.2, -0.15) is 0 Å². The van der Waals surface area contributed by atoms with Gasteiger partial charge in [-0.05, 0) is 50.9 Å². The average Bonchev–Trinajstić information content (AvgIpc) is 2.80. The van der Waals surface area contributed by atoms with Gasteiger partial charge in [-0.15, -0.1) is 0 Å². The van der Waals surface area contributed by atoms with Gasteiger partial charge in [0, 0.05) is 25.7 Å². The van der Waals surface area contributed by atoms with E-state index in [4.69, 9.17) is 9.47 Å². The Balaban J connectivity index is 2.21. The van der Waals surface area contributed by atoms with Crippen molar-refractivity contribution < 1.29 is 9.47 Å². The van der Waals surface area contributed by atoms with E-state index in [0.717, 1.165) is 44.1 Å². The smallest absolute Gasteiger partial charge is 0.161 e. The monoisotopic (exact) mass is 306 g/mol. The van der Waals surface area contributed by atoms with Crippen LogP contribution < -0.4 is 14.8 Å². The summed E-state index contributed by atoms with van der Waals surface area (Å²) in [6.45, 7) is 12.1. The molecule has 1 saturated heterocycles. The van der Waals surface area contributed by atoms with E-state index in [1.807, 2.05) is 13.8 Å². The second-order valence-electron chi connectivity index (χ2n) is 5.64. The van der Waals surface area contributed by atoms with Gasteiger partial charge in [-0.1, -0.05) is 13.0 Å². The van der Waals surface area contributed by atoms with Gasteiger partial charge in [0.05, 0.1) is 13.2 Å². The molecule has 0 spiro atoms. The molecule has 0 aliphatic carbocycles. The van der Waals surface area contributed by atoms with Crippen LogP contribution in [-0.4, -0.2) is 44.3 Å². The maximum absolute atomic E-state index is 5.78. The molecule has 1 N–H and O–H groups in total. The van der Waals surface area contributed by atoms with Crippen LogP contribution in [0.15, 0.2) is 18.2 Å². The minimum atomic E-state index is 0.454. The van der Waals surface area contributed by atoms with Crippen LogP contribution in [-0.2, 0) is 0 Å². The summed E-state index contributed by atoms with van der Waals surface area (Å²) in [4.78, 5) is 2.59. The van der Waals surface area contributed by atoms with E-state index in [1.165, 1.54) is 12.0 Å². The van der Waals surface area contributed by atoms with Gasteiger partial charge in [-0.25, -0.2) is 0 Å². The number of nitrogens with zero attached hydrogens (tertiary/aromatic N) is 1. The van der Waals surface area contributed by atoms with Crippen LogP contribution in [0.1, 0.15) is 45.2 Å². The topological polar surface area (TPSA) is 33.7 Å². The molecule has 0 radical (unpaired) electrons. The molecule has 124 valence electrons. The average molecular weight is 306 g/mol. The highest BCUT2D eigenvalue weighted by Gasteiger charge is 2.21. The minimum absolute atomic E-state index is 0.454. The van der Waals surface area contributed by atoms with Gasteiger partial charge in [0.15, 0.2) is 11.5 Å². The molecule has 1 aliphatic rings. The molecular weight excluding hydrogens is 276 g/mol. The van der Waals surface area contributed by atoms with Gasteiger partial charge in [0.25, 0.3) is 0 Å². The Labute approximate surface area is 134 Å². The van der Waals surface area contributed by atoms with E-state index >= 15 is 0 Å². The third-order valence-corrected chi connectivity index (χ3v) is 4.15. The van der Waals surface area contributed by atoms with E-state index < -0.39 is 0 Å². The van der Waals surface area contributed by atoms with Gasteiger partial charge < -0.3 is 14.8 Å². The molecule has 2 rings (SSSR count). The Hall–Kier alpha value is -1.26. The van der Waals surface area contributed by atoms with Crippen LogP contribution in [0.5, 0.6) is 11.5 Å². The Morgan fingerprint density at radius 3 is 2.55 bits per heavy atom.